The van der Waals surface area contributed by atoms with E-state index >= 15 is 0 Å². The molecule has 1 aromatic heterocycles. The molecule has 0 spiro atoms. The number of aromatic amines is 1. The second-order valence-electron chi connectivity index (χ2n) is 20.5. The van der Waals surface area contributed by atoms with E-state index in [-0.39, 0.29) is 45.3 Å². The highest BCUT2D eigenvalue weighted by Crippen LogP contribution is 2.49. The third-order valence-electron chi connectivity index (χ3n) is 14.0. The Kier molecular flexibility index (Phi) is 15.3. The van der Waals surface area contributed by atoms with Gasteiger partial charge in [-0.05, 0) is 102 Å². The number of ether oxygens (including phenoxy) is 4. The number of pyridine rings is 1. The molecule has 4 aromatic carbocycles. The Balaban J connectivity index is 0.920. The van der Waals surface area contributed by atoms with Gasteiger partial charge < -0.3 is 49.4 Å². The molecule has 5 N–H and O–H groups in total. The molecule has 0 aliphatic carbocycles. The van der Waals surface area contributed by atoms with E-state index in [0.29, 0.717) is 44.2 Å². The Morgan fingerprint density at radius 1 is 0.894 bits per heavy atom. The lowest BCUT2D eigenvalue weighted by molar-refractivity contribution is -0.192. The lowest BCUT2D eigenvalue weighted by Gasteiger charge is -2.56. The van der Waals surface area contributed by atoms with Crippen LogP contribution in [-0.4, -0.2) is 76.6 Å². The second kappa shape index (κ2) is 20.8. The monoisotopic (exact) mass is 918 g/mol. The first-order valence-electron chi connectivity index (χ1n) is 23.4. The number of H-pyrrole nitrogens is 1. The fraction of sp³-hybridized carbons (Fsp3) is 0.472. The number of hydrogen-bond acceptors (Lipinski definition) is 10. The molecule has 0 saturated carbocycles. The van der Waals surface area contributed by atoms with Crippen LogP contribution in [0, 0.1) is 16.7 Å². The van der Waals surface area contributed by atoms with Gasteiger partial charge in [0.05, 0.1) is 37.5 Å². The van der Waals surface area contributed by atoms with Gasteiger partial charge in [0.2, 0.25) is 5.56 Å². The van der Waals surface area contributed by atoms with Gasteiger partial charge in [-0.2, -0.15) is 0 Å². The zero-order valence-electron chi connectivity index (χ0n) is 40.0. The van der Waals surface area contributed by atoms with Gasteiger partial charge in [0.25, 0.3) is 0 Å². The molecular weight excluding hydrogens is 849 g/mol. The highest BCUT2D eigenvalue weighted by Gasteiger charge is 2.57. The number of rotatable bonds is 18. The average molecular weight is 919 g/mol. The molecule has 4 unspecified atom stereocenters. The smallest absolute Gasteiger partial charge is 0.408 e. The summed E-state index contributed by atoms with van der Waals surface area (Å²) < 4.78 is 31.9. The van der Waals surface area contributed by atoms with Crippen LogP contribution in [0.5, 0.6) is 17.2 Å². The minimum Gasteiger partial charge on any atom is -0.506 e. The number of hydrogen-bond donors (Lipinski definition) is 5. The third kappa shape index (κ3) is 11.5. The Morgan fingerprint density at radius 2 is 1.64 bits per heavy atom. The lowest BCUT2D eigenvalue weighted by atomic mass is 9.58. The van der Waals surface area contributed by atoms with E-state index in [4.69, 9.17) is 23.4 Å². The zero-order valence-corrected chi connectivity index (χ0v) is 41.0. The number of amides is 1. The van der Waals surface area contributed by atoms with Crippen LogP contribution in [0.25, 0.3) is 10.9 Å². The number of nitrogens with one attached hydrogen (secondary N) is 4. The molecular formula is C53H70N4O8Si. The molecule has 66 heavy (non-hydrogen) atoms. The van der Waals surface area contributed by atoms with Crippen LogP contribution >= 0.6 is 0 Å². The number of alkyl carbamates (subject to hydrolysis) is 1. The molecule has 13 heteroatoms. The van der Waals surface area contributed by atoms with Gasteiger partial charge in [-0.15, -0.1) is 0 Å². The number of aromatic hydroxyl groups is 1. The first-order chi connectivity index (χ1) is 31.4. The molecule has 2 aliphatic rings. The summed E-state index contributed by atoms with van der Waals surface area (Å²) >= 11 is 0. The minimum atomic E-state index is -2.18. The van der Waals surface area contributed by atoms with Gasteiger partial charge in [-0.25, -0.2) is 4.79 Å². The number of piperidine rings is 1. The van der Waals surface area contributed by atoms with E-state index in [1.165, 1.54) is 6.07 Å². The third-order valence-corrected chi connectivity index (χ3v) is 18.5. The summed E-state index contributed by atoms with van der Waals surface area (Å²) in [4.78, 5) is 28.8. The SMILES string of the molecule is CC(C)(C)C12CNCC(COC1)C2OC(=O)NC(c1ccccc1)c1cccc(OCc2cccc(OCCCCNC[C@H](O[Si](C)(C)C(C)(C)C)c3ccc(O)c4[nH]c(=O)ccc34)c2)c1. The first-order valence-corrected chi connectivity index (χ1v) is 26.3. The highest BCUT2D eigenvalue weighted by molar-refractivity contribution is 6.74. The fourth-order valence-electron chi connectivity index (χ4n) is 8.94. The first kappa shape index (κ1) is 48.7. The van der Waals surface area contributed by atoms with Crippen molar-refractivity contribution in [2.75, 3.05) is 46.0 Å². The molecule has 2 saturated heterocycles. The van der Waals surface area contributed by atoms with Crippen molar-refractivity contribution in [2.24, 2.45) is 16.7 Å². The molecule has 3 heterocycles. The molecule has 354 valence electrons. The van der Waals surface area contributed by atoms with Crippen LogP contribution in [0.3, 0.4) is 0 Å². The quantitative estimate of drug-likeness (QED) is 0.0424. The number of phenolic OH excluding ortho intramolecular Hbond substituents is 1. The molecule has 2 fully saturated rings. The number of fused-ring (bicyclic) bond motifs is 3. The van der Waals surface area contributed by atoms with Gasteiger partial charge in [0.15, 0.2) is 8.32 Å². The zero-order chi connectivity index (χ0) is 47.1. The van der Waals surface area contributed by atoms with Crippen molar-refractivity contribution in [3.05, 3.63) is 136 Å². The van der Waals surface area contributed by atoms with Gasteiger partial charge in [0, 0.05) is 42.4 Å². The van der Waals surface area contributed by atoms with Crippen LogP contribution in [0.2, 0.25) is 18.1 Å². The molecule has 2 bridgehead atoms. The second-order valence-corrected chi connectivity index (χ2v) is 25.3. The van der Waals surface area contributed by atoms with Crippen LogP contribution in [-0.2, 0) is 20.5 Å². The van der Waals surface area contributed by atoms with Crippen LogP contribution < -0.4 is 31.0 Å². The normalized spacial score (nSPS) is 19.8. The summed E-state index contributed by atoms with van der Waals surface area (Å²) in [6, 6.07) is 32.1. The van der Waals surface area contributed by atoms with Crippen molar-refractivity contribution in [3.63, 3.8) is 0 Å². The summed E-state index contributed by atoms with van der Waals surface area (Å²) in [5.41, 5.74) is 3.40. The summed E-state index contributed by atoms with van der Waals surface area (Å²) in [7, 11) is -2.18. The summed E-state index contributed by atoms with van der Waals surface area (Å²) in [5.74, 6) is 1.58. The van der Waals surface area contributed by atoms with E-state index in [2.05, 4.69) is 75.6 Å². The number of carbonyl (C=O) groups excluding carboxylic acids is 1. The maximum atomic E-state index is 13.9. The molecule has 5 aromatic rings. The van der Waals surface area contributed by atoms with Gasteiger partial charge in [-0.1, -0.05) is 102 Å². The average Bonchev–Trinajstić information content (AvgIpc) is 3.27. The summed E-state index contributed by atoms with van der Waals surface area (Å²) in [6.45, 7) is 22.6. The maximum Gasteiger partial charge on any atom is 0.408 e. The minimum absolute atomic E-state index is 0.000379. The van der Waals surface area contributed by atoms with Crippen LogP contribution in [0.4, 0.5) is 4.79 Å². The molecule has 5 atom stereocenters. The Bertz CT molecular complexity index is 2450. The van der Waals surface area contributed by atoms with Gasteiger partial charge in [-0.3, -0.25) is 4.79 Å². The molecule has 1 amide bonds. The van der Waals surface area contributed by atoms with E-state index in [0.717, 1.165) is 65.9 Å². The van der Waals surface area contributed by atoms with E-state index < -0.39 is 20.5 Å². The Morgan fingerprint density at radius 3 is 2.39 bits per heavy atom. The Hall–Kier alpha value is -5.18. The van der Waals surface area contributed by atoms with Crippen molar-refractivity contribution in [2.45, 2.75) is 97.4 Å². The fourth-order valence-corrected chi connectivity index (χ4v) is 10.2. The van der Waals surface area contributed by atoms with Crippen molar-refractivity contribution in [1.82, 2.24) is 20.9 Å². The van der Waals surface area contributed by atoms with E-state index in [1.807, 2.05) is 84.9 Å². The van der Waals surface area contributed by atoms with Crippen molar-refractivity contribution in [1.29, 1.82) is 0 Å². The largest absolute Gasteiger partial charge is 0.506 e. The van der Waals surface area contributed by atoms with Crippen LogP contribution in [0.1, 0.15) is 88.8 Å². The number of unbranched alkanes of at least 4 members (excludes halogenated alkanes) is 1. The summed E-state index contributed by atoms with van der Waals surface area (Å²) in [5, 5.41) is 21.7. The predicted molar refractivity (Wildman–Crippen MR) is 263 cm³/mol. The maximum absolute atomic E-state index is 13.9. The van der Waals surface area contributed by atoms with E-state index in [9.17, 15) is 14.7 Å². The number of benzene rings is 4. The summed E-state index contributed by atoms with van der Waals surface area (Å²) in [6.07, 6.45) is 0.762. The van der Waals surface area contributed by atoms with Gasteiger partial charge >= 0.3 is 6.09 Å². The van der Waals surface area contributed by atoms with Crippen molar-refractivity contribution < 1.29 is 33.3 Å². The predicted octanol–water partition coefficient (Wildman–Crippen LogP) is 9.79. The molecule has 7 rings (SSSR count). The lowest BCUT2D eigenvalue weighted by Crippen LogP contribution is -2.67. The molecule has 2 aliphatic heterocycles. The van der Waals surface area contributed by atoms with Crippen molar-refractivity contribution in [3.8, 4) is 17.2 Å². The standard InChI is InChI=1S/C53H70N4O8Si/c1-51(2,3)53-34-55-30-39(33-61-35-53)49(53)64-50(60)57-47(37-17-10-9-11-18-37)38-19-15-21-41(29-38)63-32-36-16-14-20-40(28-36)62-27-13-12-26-54-31-45(65-66(7,8)52(4,5)6)42-22-24-44(58)48-43(42)23-25-46(59)56-48/h9-11,14-25,28-29,39,45,47,49,54-55,58H,12-13,26-27,30-35H2,1-8H3,(H,56,59)(H,57,60)/t39?,45-,47?,49?,53?/m0/s1. The van der Waals surface area contributed by atoms with Gasteiger partial charge in [0.1, 0.15) is 30.0 Å². The van der Waals surface area contributed by atoms with Crippen LogP contribution in [0.15, 0.2) is 108 Å². The Labute approximate surface area is 391 Å². The highest BCUT2D eigenvalue weighted by atomic mass is 28.4. The van der Waals surface area contributed by atoms with Crippen molar-refractivity contribution >= 4 is 25.3 Å². The molecule has 12 nitrogen and oxygen atoms in total. The van der Waals surface area contributed by atoms with E-state index in [1.54, 1.807) is 12.1 Å². The number of phenols is 1. The number of carbonyl (C=O) groups is 1. The molecule has 0 radical (unpaired) electrons. The topological polar surface area (TPSA) is 152 Å². The number of aromatic nitrogens is 1.